The van der Waals surface area contributed by atoms with Gasteiger partial charge in [-0.15, -0.1) is 0 Å². The van der Waals surface area contributed by atoms with Gasteiger partial charge in [0, 0.05) is 54.7 Å². The SMILES string of the molecule is CCCCC.CCc1nn(CCN2CCOCC2)c2c1-c1c(Cl)ccc3c(CCCOc4cccc5ccccc45)c(C(=O)O)n(c13)CCCCOC2. The number of rotatable bonds is 12. The fourth-order valence-corrected chi connectivity index (χ4v) is 7.93. The minimum Gasteiger partial charge on any atom is -0.493 e. The van der Waals surface area contributed by atoms with Crippen molar-refractivity contribution < 1.29 is 24.1 Å². The predicted molar refractivity (Wildman–Crippen MR) is 214 cm³/mol. The third-order valence-corrected chi connectivity index (χ3v) is 10.7. The van der Waals surface area contributed by atoms with E-state index >= 15 is 0 Å². The molecular weight excluding hydrogens is 688 g/mol. The fourth-order valence-electron chi connectivity index (χ4n) is 7.68. The average Bonchev–Trinajstić information content (AvgIpc) is 3.68. The molecule has 2 aliphatic rings. The standard InChI is InChI=1S/C38H43ClN4O5.C5H12/c1-2-31-35-32(43(40-31)18-17-41-19-23-46-24-20-41)25-47-21-6-5-16-42-36-29(14-15-30(39)34(35)36)28(37(42)38(44)45)12-8-22-48-33-13-7-10-26-9-3-4-11-27(26)33;1-3-5-4-2/h3-4,7,9-11,13-15H,2,5-6,8,12,16-25H2,1H3,(H,44,45);3-5H2,1-2H3. The smallest absolute Gasteiger partial charge is 0.352 e. The molecule has 53 heavy (non-hydrogen) atoms. The number of halogens is 1. The van der Waals surface area contributed by atoms with Gasteiger partial charge in [0.15, 0.2) is 0 Å². The third-order valence-electron chi connectivity index (χ3n) is 10.4. The highest BCUT2D eigenvalue weighted by Crippen LogP contribution is 2.43. The molecule has 7 rings (SSSR count). The summed E-state index contributed by atoms with van der Waals surface area (Å²) in [5, 5.41) is 19.5. The molecule has 0 amide bonds. The van der Waals surface area contributed by atoms with Crippen LogP contribution < -0.4 is 4.74 Å². The van der Waals surface area contributed by atoms with E-state index < -0.39 is 5.97 Å². The summed E-state index contributed by atoms with van der Waals surface area (Å²) in [4.78, 5) is 15.5. The molecule has 1 fully saturated rings. The summed E-state index contributed by atoms with van der Waals surface area (Å²) < 4.78 is 22.2. The summed E-state index contributed by atoms with van der Waals surface area (Å²) in [5.74, 6) is -0.0912. The van der Waals surface area contributed by atoms with Crippen molar-refractivity contribution in [1.82, 2.24) is 19.2 Å². The van der Waals surface area contributed by atoms with Crippen molar-refractivity contribution in [3.05, 3.63) is 82.3 Å². The van der Waals surface area contributed by atoms with Gasteiger partial charge in [0.1, 0.15) is 11.4 Å². The van der Waals surface area contributed by atoms with E-state index in [2.05, 4.69) is 48.6 Å². The maximum absolute atomic E-state index is 13.1. The number of hydrogen-bond donors (Lipinski definition) is 1. The number of aryl methyl sites for hydroxylation is 3. The van der Waals surface area contributed by atoms with E-state index in [9.17, 15) is 9.90 Å². The zero-order valence-electron chi connectivity index (χ0n) is 31.7. The summed E-state index contributed by atoms with van der Waals surface area (Å²) in [5.41, 5.74) is 5.78. The molecule has 0 spiro atoms. The van der Waals surface area contributed by atoms with Gasteiger partial charge < -0.3 is 23.9 Å². The van der Waals surface area contributed by atoms with Gasteiger partial charge in [-0.1, -0.05) is 94.1 Å². The molecule has 0 atom stereocenters. The number of fused-ring (bicyclic) bond motifs is 3. The number of morpholine rings is 1. The Bertz CT molecular complexity index is 1970. The Balaban J connectivity index is 0.000000902. The van der Waals surface area contributed by atoms with Gasteiger partial charge >= 0.3 is 5.97 Å². The molecule has 284 valence electrons. The van der Waals surface area contributed by atoms with E-state index in [0.717, 1.165) is 108 Å². The number of carboxylic acids is 1. The van der Waals surface area contributed by atoms with Crippen LogP contribution in [0.5, 0.6) is 5.75 Å². The number of nitrogens with zero attached hydrogens (tertiary/aromatic N) is 4. The highest BCUT2D eigenvalue weighted by Gasteiger charge is 2.30. The van der Waals surface area contributed by atoms with Crippen molar-refractivity contribution in [3.8, 4) is 16.9 Å². The van der Waals surface area contributed by atoms with Crippen LogP contribution in [0.4, 0.5) is 0 Å². The van der Waals surface area contributed by atoms with Gasteiger partial charge in [-0.25, -0.2) is 4.79 Å². The summed E-state index contributed by atoms with van der Waals surface area (Å²) >= 11 is 7.14. The molecule has 2 aliphatic heterocycles. The first-order chi connectivity index (χ1) is 26.0. The highest BCUT2D eigenvalue weighted by atomic mass is 35.5. The second-order valence-electron chi connectivity index (χ2n) is 13.9. The van der Waals surface area contributed by atoms with Crippen LogP contribution in [0.15, 0.2) is 54.6 Å². The lowest BCUT2D eigenvalue weighted by Crippen LogP contribution is -2.38. The maximum Gasteiger partial charge on any atom is 0.352 e. The van der Waals surface area contributed by atoms with Gasteiger partial charge in [0.25, 0.3) is 0 Å². The van der Waals surface area contributed by atoms with Crippen LogP contribution >= 0.6 is 11.6 Å². The number of carboxylic acid groups (broad SMARTS) is 1. The first kappa shape index (κ1) is 38.8. The lowest BCUT2D eigenvalue weighted by molar-refractivity contribution is 0.0354. The first-order valence-corrected chi connectivity index (χ1v) is 20.0. The Morgan fingerprint density at radius 3 is 2.42 bits per heavy atom. The number of carbonyl (C=O) groups is 1. The summed E-state index contributed by atoms with van der Waals surface area (Å²) in [6, 6.07) is 18.2. The molecule has 9 nitrogen and oxygen atoms in total. The second kappa shape index (κ2) is 18.9. The monoisotopic (exact) mass is 742 g/mol. The highest BCUT2D eigenvalue weighted by molar-refractivity contribution is 6.35. The van der Waals surface area contributed by atoms with Crippen LogP contribution in [0, 0.1) is 0 Å². The zero-order chi connectivity index (χ0) is 37.2. The molecule has 3 aromatic carbocycles. The molecule has 2 aromatic heterocycles. The molecule has 4 heterocycles. The molecule has 1 saturated heterocycles. The van der Waals surface area contributed by atoms with Crippen molar-refractivity contribution in [3.63, 3.8) is 0 Å². The van der Waals surface area contributed by atoms with Crippen LogP contribution in [-0.4, -0.2) is 76.4 Å². The van der Waals surface area contributed by atoms with Gasteiger partial charge in [0.2, 0.25) is 0 Å². The molecule has 0 radical (unpaired) electrons. The molecule has 1 N–H and O–H groups in total. The van der Waals surface area contributed by atoms with Crippen molar-refractivity contribution in [2.45, 2.75) is 91.8 Å². The molecule has 10 heteroatoms. The van der Waals surface area contributed by atoms with Gasteiger partial charge in [-0.3, -0.25) is 9.58 Å². The molecule has 0 aliphatic carbocycles. The number of benzene rings is 3. The molecule has 0 unspecified atom stereocenters. The molecule has 0 saturated carbocycles. The largest absolute Gasteiger partial charge is 0.493 e. The van der Waals surface area contributed by atoms with E-state index in [0.29, 0.717) is 56.3 Å². The topological polar surface area (TPSA) is 91.0 Å². The number of aromatic nitrogens is 3. The second-order valence-corrected chi connectivity index (χ2v) is 14.4. The van der Waals surface area contributed by atoms with Crippen LogP contribution in [0.2, 0.25) is 5.02 Å². The van der Waals surface area contributed by atoms with Gasteiger partial charge in [0.05, 0.1) is 54.9 Å². The van der Waals surface area contributed by atoms with Crippen LogP contribution in [0.25, 0.3) is 32.8 Å². The zero-order valence-corrected chi connectivity index (χ0v) is 32.4. The summed E-state index contributed by atoms with van der Waals surface area (Å²) in [6.45, 7) is 13.5. The lowest BCUT2D eigenvalue weighted by Gasteiger charge is -2.26. The fraction of sp³-hybridized carbons (Fsp3) is 0.488. The Kier molecular flexibility index (Phi) is 13.9. The van der Waals surface area contributed by atoms with Gasteiger partial charge in [-0.2, -0.15) is 5.10 Å². The van der Waals surface area contributed by atoms with Crippen molar-refractivity contribution in [2.75, 3.05) is 46.1 Å². The number of aromatic carboxylic acids is 1. The summed E-state index contributed by atoms with van der Waals surface area (Å²) in [6.07, 6.45) is 7.63. The Morgan fingerprint density at radius 2 is 1.66 bits per heavy atom. The van der Waals surface area contributed by atoms with Crippen LogP contribution in [0.1, 0.15) is 86.7 Å². The van der Waals surface area contributed by atoms with Crippen molar-refractivity contribution in [1.29, 1.82) is 0 Å². The van der Waals surface area contributed by atoms with Gasteiger partial charge in [-0.05, 0) is 55.2 Å². The van der Waals surface area contributed by atoms with Crippen LogP contribution in [-0.2, 0) is 42.0 Å². The van der Waals surface area contributed by atoms with Crippen molar-refractivity contribution in [2.24, 2.45) is 0 Å². The summed E-state index contributed by atoms with van der Waals surface area (Å²) in [7, 11) is 0. The van der Waals surface area contributed by atoms with E-state index in [1.165, 1.54) is 19.3 Å². The molecule has 5 aromatic rings. The Morgan fingerprint density at radius 1 is 0.868 bits per heavy atom. The minimum absolute atomic E-state index is 0.332. The van der Waals surface area contributed by atoms with E-state index in [4.69, 9.17) is 30.9 Å². The number of hydrogen-bond acceptors (Lipinski definition) is 6. The quantitative estimate of drug-likeness (QED) is 0.127. The van der Waals surface area contributed by atoms with Crippen molar-refractivity contribution >= 4 is 39.2 Å². The van der Waals surface area contributed by atoms with Crippen LogP contribution in [0.3, 0.4) is 0 Å². The third kappa shape index (κ3) is 8.92. The first-order valence-electron chi connectivity index (χ1n) is 19.6. The maximum atomic E-state index is 13.1. The number of unbranched alkanes of at least 4 members (excludes halogenated alkanes) is 2. The normalized spacial score (nSPS) is 15.1. The molecular formula is C43H55ClN4O5. The predicted octanol–water partition coefficient (Wildman–Crippen LogP) is 9.42. The minimum atomic E-state index is -0.929. The number of ether oxygens (including phenoxy) is 3. The van der Waals surface area contributed by atoms with E-state index in [1.807, 2.05) is 41.0 Å². The average molecular weight is 743 g/mol. The van der Waals surface area contributed by atoms with E-state index in [1.54, 1.807) is 0 Å². The Labute approximate surface area is 318 Å². The lowest BCUT2D eigenvalue weighted by atomic mass is 9.97. The van der Waals surface area contributed by atoms with E-state index in [-0.39, 0.29) is 0 Å². The Hall–Kier alpha value is -3.89. The molecule has 0 bridgehead atoms.